The zero-order valence-electron chi connectivity index (χ0n) is 11.9. The molecule has 1 aliphatic rings. The SMILES string of the molecule is COC(=O)N(Cc1ccc(F)cc1)C[C@H]1CC[C@H](CI)O1. The Hall–Kier alpha value is -0.890. The van der Waals surface area contributed by atoms with Crippen molar-refractivity contribution in [3.8, 4) is 0 Å². The van der Waals surface area contributed by atoms with Crippen LogP contribution in [0.4, 0.5) is 9.18 Å². The van der Waals surface area contributed by atoms with E-state index >= 15 is 0 Å². The highest BCUT2D eigenvalue weighted by Gasteiger charge is 2.28. The molecule has 0 aliphatic carbocycles. The van der Waals surface area contributed by atoms with Crippen molar-refractivity contribution in [2.75, 3.05) is 18.1 Å². The number of ether oxygens (including phenoxy) is 2. The summed E-state index contributed by atoms with van der Waals surface area (Å²) < 4.78 is 24.6. The molecule has 1 amide bonds. The Morgan fingerprint density at radius 3 is 2.62 bits per heavy atom. The highest BCUT2D eigenvalue weighted by molar-refractivity contribution is 14.1. The van der Waals surface area contributed by atoms with Gasteiger partial charge in [0, 0.05) is 11.0 Å². The molecule has 1 saturated heterocycles. The largest absolute Gasteiger partial charge is 0.453 e. The first kappa shape index (κ1) is 16.5. The van der Waals surface area contributed by atoms with E-state index in [1.165, 1.54) is 19.2 Å². The van der Waals surface area contributed by atoms with Gasteiger partial charge >= 0.3 is 6.09 Å². The topological polar surface area (TPSA) is 38.8 Å². The third-order valence-corrected chi connectivity index (χ3v) is 4.49. The molecule has 0 bridgehead atoms. The fourth-order valence-electron chi connectivity index (χ4n) is 2.42. The van der Waals surface area contributed by atoms with Gasteiger partial charge in [0.05, 0.1) is 25.9 Å². The third-order valence-electron chi connectivity index (χ3n) is 3.51. The summed E-state index contributed by atoms with van der Waals surface area (Å²) in [5.74, 6) is -0.285. The predicted octanol–water partition coefficient (Wildman–Crippen LogP) is 3.38. The van der Waals surface area contributed by atoms with Crippen LogP contribution in [-0.2, 0) is 16.0 Å². The van der Waals surface area contributed by atoms with Crippen LogP contribution in [0, 0.1) is 5.82 Å². The molecular weight excluding hydrogens is 388 g/mol. The molecule has 0 N–H and O–H groups in total. The molecule has 0 spiro atoms. The number of rotatable bonds is 5. The number of methoxy groups -OCH3 is 1. The number of nitrogens with zero attached hydrogens (tertiary/aromatic N) is 1. The molecule has 1 fully saturated rings. The van der Waals surface area contributed by atoms with E-state index in [9.17, 15) is 9.18 Å². The number of benzene rings is 1. The summed E-state index contributed by atoms with van der Waals surface area (Å²) in [6, 6.07) is 6.13. The first-order chi connectivity index (χ1) is 10.1. The van der Waals surface area contributed by atoms with Crippen molar-refractivity contribution in [1.82, 2.24) is 4.90 Å². The van der Waals surface area contributed by atoms with Gasteiger partial charge in [0.2, 0.25) is 0 Å². The molecule has 0 unspecified atom stereocenters. The highest BCUT2D eigenvalue weighted by atomic mass is 127. The maximum atomic E-state index is 12.9. The molecule has 0 saturated carbocycles. The zero-order valence-corrected chi connectivity index (χ0v) is 14.1. The number of alkyl halides is 1. The van der Waals surface area contributed by atoms with E-state index in [0.29, 0.717) is 13.1 Å². The second kappa shape index (κ2) is 7.93. The van der Waals surface area contributed by atoms with Crippen molar-refractivity contribution in [1.29, 1.82) is 0 Å². The minimum atomic E-state index is -0.388. The first-order valence-electron chi connectivity index (χ1n) is 6.91. The van der Waals surface area contributed by atoms with Gasteiger partial charge in [-0.1, -0.05) is 34.7 Å². The van der Waals surface area contributed by atoms with Crippen molar-refractivity contribution >= 4 is 28.7 Å². The van der Waals surface area contributed by atoms with Crippen molar-refractivity contribution in [3.05, 3.63) is 35.6 Å². The molecule has 0 aromatic heterocycles. The van der Waals surface area contributed by atoms with Gasteiger partial charge in [0.1, 0.15) is 5.82 Å². The Balaban J connectivity index is 1.98. The normalized spacial score (nSPS) is 21.3. The number of hydrogen-bond donors (Lipinski definition) is 0. The quantitative estimate of drug-likeness (QED) is 0.555. The van der Waals surface area contributed by atoms with Crippen LogP contribution < -0.4 is 0 Å². The van der Waals surface area contributed by atoms with Gasteiger partial charge in [-0.25, -0.2) is 9.18 Å². The summed E-state index contributed by atoms with van der Waals surface area (Å²) in [5, 5.41) is 0. The van der Waals surface area contributed by atoms with Crippen LogP contribution in [-0.4, -0.2) is 41.3 Å². The number of carbonyl (C=O) groups excluding carboxylic acids is 1. The summed E-state index contributed by atoms with van der Waals surface area (Å²) in [5.41, 5.74) is 0.866. The minimum absolute atomic E-state index is 0.0457. The predicted molar refractivity (Wildman–Crippen MR) is 86.0 cm³/mol. The Kier molecular flexibility index (Phi) is 6.22. The van der Waals surface area contributed by atoms with Crippen molar-refractivity contribution in [2.24, 2.45) is 0 Å². The van der Waals surface area contributed by atoms with E-state index in [0.717, 1.165) is 22.8 Å². The van der Waals surface area contributed by atoms with E-state index in [1.807, 2.05) is 0 Å². The fraction of sp³-hybridized carbons (Fsp3) is 0.533. The summed E-state index contributed by atoms with van der Waals surface area (Å²) in [6.45, 7) is 0.888. The summed E-state index contributed by atoms with van der Waals surface area (Å²) in [4.78, 5) is 13.5. The van der Waals surface area contributed by atoms with E-state index in [4.69, 9.17) is 9.47 Å². The first-order valence-corrected chi connectivity index (χ1v) is 8.43. The lowest BCUT2D eigenvalue weighted by Crippen LogP contribution is -2.37. The lowest BCUT2D eigenvalue weighted by molar-refractivity contribution is 0.0308. The van der Waals surface area contributed by atoms with Crippen LogP contribution >= 0.6 is 22.6 Å². The second-order valence-electron chi connectivity index (χ2n) is 5.09. The number of amides is 1. The van der Waals surface area contributed by atoms with Gasteiger partial charge in [-0.2, -0.15) is 0 Å². The van der Waals surface area contributed by atoms with Gasteiger partial charge in [-0.15, -0.1) is 0 Å². The lowest BCUT2D eigenvalue weighted by atomic mass is 10.1. The monoisotopic (exact) mass is 407 g/mol. The summed E-state index contributed by atoms with van der Waals surface area (Å²) in [7, 11) is 1.36. The van der Waals surface area contributed by atoms with Crippen molar-refractivity contribution in [3.63, 3.8) is 0 Å². The Morgan fingerprint density at radius 2 is 2.05 bits per heavy atom. The number of carbonyl (C=O) groups is 1. The van der Waals surface area contributed by atoms with E-state index in [2.05, 4.69) is 22.6 Å². The molecule has 4 nitrogen and oxygen atoms in total. The average molecular weight is 407 g/mol. The Morgan fingerprint density at radius 1 is 1.38 bits per heavy atom. The second-order valence-corrected chi connectivity index (χ2v) is 5.97. The van der Waals surface area contributed by atoms with Crippen LogP contribution in [0.5, 0.6) is 0 Å². The Bertz CT molecular complexity index is 468. The molecule has 1 aromatic carbocycles. The van der Waals surface area contributed by atoms with Gasteiger partial charge < -0.3 is 14.4 Å². The lowest BCUT2D eigenvalue weighted by Gasteiger charge is -2.24. The van der Waals surface area contributed by atoms with Gasteiger partial charge in [0.25, 0.3) is 0 Å². The maximum Gasteiger partial charge on any atom is 0.409 e. The Labute approximate surface area is 137 Å². The molecule has 1 aliphatic heterocycles. The molecule has 6 heteroatoms. The number of halogens is 2. The fourth-order valence-corrected chi connectivity index (χ4v) is 3.06. The third kappa shape index (κ3) is 4.81. The smallest absolute Gasteiger partial charge is 0.409 e. The molecule has 2 rings (SSSR count). The standard InChI is InChI=1S/C15H19FINO3/c1-20-15(19)18(9-11-2-4-12(16)5-3-11)10-14-7-6-13(8-17)21-14/h2-5,13-14H,6-10H2,1H3/t13-,14-/m1/s1. The van der Waals surface area contributed by atoms with E-state index < -0.39 is 0 Å². The van der Waals surface area contributed by atoms with Crippen LogP contribution in [0.3, 0.4) is 0 Å². The maximum absolute atomic E-state index is 12.9. The van der Waals surface area contributed by atoms with Crippen LogP contribution in [0.2, 0.25) is 0 Å². The zero-order chi connectivity index (χ0) is 15.2. The molecule has 0 radical (unpaired) electrons. The van der Waals surface area contributed by atoms with Crippen LogP contribution in [0.15, 0.2) is 24.3 Å². The summed E-state index contributed by atoms with van der Waals surface area (Å²) in [6.07, 6.45) is 1.91. The average Bonchev–Trinajstić information content (AvgIpc) is 2.95. The minimum Gasteiger partial charge on any atom is -0.453 e. The highest BCUT2D eigenvalue weighted by Crippen LogP contribution is 2.23. The van der Waals surface area contributed by atoms with Gasteiger partial charge in [-0.3, -0.25) is 0 Å². The molecule has 2 atom stereocenters. The van der Waals surface area contributed by atoms with Crippen molar-refractivity contribution < 1.29 is 18.7 Å². The molecule has 1 heterocycles. The van der Waals surface area contributed by atoms with E-state index in [-0.39, 0.29) is 24.1 Å². The van der Waals surface area contributed by atoms with Crippen molar-refractivity contribution in [2.45, 2.75) is 31.6 Å². The molecule has 116 valence electrons. The number of hydrogen-bond acceptors (Lipinski definition) is 3. The van der Waals surface area contributed by atoms with Crippen LogP contribution in [0.25, 0.3) is 0 Å². The molecule has 1 aromatic rings. The van der Waals surface area contributed by atoms with E-state index in [1.54, 1.807) is 17.0 Å². The van der Waals surface area contributed by atoms with Gasteiger partial charge in [-0.05, 0) is 30.5 Å². The summed E-state index contributed by atoms with van der Waals surface area (Å²) >= 11 is 2.31. The van der Waals surface area contributed by atoms with Crippen LogP contribution in [0.1, 0.15) is 18.4 Å². The molecular formula is C15H19FINO3. The molecule has 21 heavy (non-hydrogen) atoms. The van der Waals surface area contributed by atoms with Gasteiger partial charge in [0.15, 0.2) is 0 Å².